The van der Waals surface area contributed by atoms with Crippen molar-refractivity contribution in [2.24, 2.45) is 5.92 Å². The molecule has 0 saturated carbocycles. The zero-order chi connectivity index (χ0) is 23.3. The highest BCUT2D eigenvalue weighted by atomic mass is 35.5. The van der Waals surface area contributed by atoms with Crippen LogP contribution in [0.2, 0.25) is 5.02 Å². The van der Waals surface area contributed by atoms with Crippen molar-refractivity contribution in [3.05, 3.63) is 64.2 Å². The first-order valence-electron chi connectivity index (χ1n) is 9.78. The summed E-state index contributed by atoms with van der Waals surface area (Å²) in [6, 6.07) is 11.4. The van der Waals surface area contributed by atoms with Gasteiger partial charge in [0.05, 0.1) is 17.2 Å². The average Bonchev–Trinajstić information content (AvgIpc) is 2.70. The number of carbonyl (C=O) groups is 1. The molecule has 4 nitrogen and oxygen atoms in total. The second kappa shape index (κ2) is 10.1. The largest absolute Gasteiger partial charge is 0.417 e. The van der Waals surface area contributed by atoms with Crippen LogP contribution in [0.15, 0.2) is 42.5 Å². The Hall–Kier alpha value is -2.72. The first-order chi connectivity index (χ1) is 14.5. The molecule has 0 unspecified atom stereocenters. The maximum absolute atomic E-state index is 13.6. The maximum atomic E-state index is 13.6. The van der Waals surface area contributed by atoms with Gasteiger partial charge in [0.2, 0.25) is 5.91 Å². The summed E-state index contributed by atoms with van der Waals surface area (Å²) in [6.45, 7) is 4.03. The number of nitriles is 1. The van der Waals surface area contributed by atoms with Crippen LogP contribution in [-0.4, -0.2) is 30.9 Å². The zero-order valence-corrected chi connectivity index (χ0v) is 18.6. The minimum absolute atomic E-state index is 0.114. The average molecular weight is 452 g/mol. The van der Waals surface area contributed by atoms with Crippen LogP contribution in [0.1, 0.15) is 37.0 Å². The molecule has 166 valence electrons. The van der Waals surface area contributed by atoms with Crippen LogP contribution in [0.25, 0.3) is 0 Å². The molecule has 8 heteroatoms. The van der Waals surface area contributed by atoms with E-state index in [-0.39, 0.29) is 24.1 Å². The molecule has 0 saturated heterocycles. The van der Waals surface area contributed by atoms with Crippen molar-refractivity contribution in [2.45, 2.75) is 39.0 Å². The number of halogens is 4. The molecule has 0 N–H and O–H groups in total. The Morgan fingerprint density at radius 1 is 1.16 bits per heavy atom. The van der Waals surface area contributed by atoms with Gasteiger partial charge in [0.15, 0.2) is 0 Å². The Bertz CT molecular complexity index is 967. The molecule has 2 aromatic rings. The quantitative estimate of drug-likeness (QED) is 0.539. The SMILES string of the molecule is CC(C)C[C@@H](C(=O)N(C)C)N(Cc1ccccc1Cl)c1ccc(C#N)c(C(F)(F)F)c1. The van der Waals surface area contributed by atoms with E-state index in [9.17, 15) is 18.0 Å². The van der Waals surface area contributed by atoms with Crippen LogP contribution in [-0.2, 0) is 17.5 Å². The standard InChI is InChI=1S/C23H25ClF3N3O/c1-15(2)11-21(22(31)29(3)4)30(14-17-7-5-6-8-20(17)24)18-10-9-16(13-28)19(12-18)23(25,26)27/h5-10,12,15,21H,11,14H2,1-4H3/t21-/m0/s1. The van der Waals surface area contributed by atoms with Crippen molar-refractivity contribution in [3.63, 3.8) is 0 Å². The molecular formula is C23H25ClF3N3O. The Morgan fingerprint density at radius 2 is 1.81 bits per heavy atom. The first-order valence-corrected chi connectivity index (χ1v) is 10.2. The lowest BCUT2D eigenvalue weighted by molar-refractivity contribution is -0.137. The predicted molar refractivity (Wildman–Crippen MR) is 116 cm³/mol. The van der Waals surface area contributed by atoms with Gasteiger partial charge in [-0.3, -0.25) is 4.79 Å². The van der Waals surface area contributed by atoms with Crippen LogP contribution < -0.4 is 4.90 Å². The van der Waals surface area contributed by atoms with Crippen LogP contribution in [0.3, 0.4) is 0 Å². The molecule has 0 spiro atoms. The third kappa shape index (κ3) is 6.14. The Balaban J connectivity index is 2.67. The summed E-state index contributed by atoms with van der Waals surface area (Å²) < 4.78 is 40.8. The third-order valence-electron chi connectivity index (χ3n) is 4.86. The molecule has 0 heterocycles. The zero-order valence-electron chi connectivity index (χ0n) is 17.9. The molecule has 0 fully saturated rings. The van der Waals surface area contributed by atoms with Gasteiger partial charge in [0.25, 0.3) is 0 Å². The lowest BCUT2D eigenvalue weighted by Crippen LogP contribution is -2.47. The normalized spacial score (nSPS) is 12.4. The summed E-state index contributed by atoms with van der Waals surface area (Å²) >= 11 is 6.31. The number of alkyl halides is 3. The Kier molecular flexibility index (Phi) is 7.96. The van der Waals surface area contributed by atoms with Gasteiger partial charge in [0, 0.05) is 31.4 Å². The lowest BCUT2D eigenvalue weighted by atomic mass is 9.98. The van der Waals surface area contributed by atoms with Gasteiger partial charge < -0.3 is 9.80 Å². The molecule has 2 aromatic carbocycles. The highest BCUT2D eigenvalue weighted by Gasteiger charge is 2.36. The van der Waals surface area contributed by atoms with Crippen LogP contribution in [0.5, 0.6) is 0 Å². The van der Waals surface area contributed by atoms with Gasteiger partial charge in [-0.15, -0.1) is 0 Å². The highest BCUT2D eigenvalue weighted by molar-refractivity contribution is 6.31. The number of benzene rings is 2. The van der Waals surface area contributed by atoms with Crippen molar-refractivity contribution < 1.29 is 18.0 Å². The molecule has 0 aromatic heterocycles. The van der Waals surface area contributed by atoms with E-state index in [0.717, 1.165) is 12.1 Å². The molecular weight excluding hydrogens is 427 g/mol. The van der Waals surface area contributed by atoms with Crippen molar-refractivity contribution in [1.29, 1.82) is 5.26 Å². The summed E-state index contributed by atoms with van der Waals surface area (Å²) in [5.74, 6) is -0.109. The van der Waals surface area contributed by atoms with Crippen LogP contribution in [0.4, 0.5) is 18.9 Å². The smallest absolute Gasteiger partial charge is 0.355 e. The van der Waals surface area contributed by atoms with E-state index >= 15 is 0 Å². The lowest BCUT2D eigenvalue weighted by Gasteiger charge is -2.36. The van der Waals surface area contributed by atoms with Gasteiger partial charge in [-0.05, 0) is 42.2 Å². The van der Waals surface area contributed by atoms with Gasteiger partial charge in [0.1, 0.15) is 6.04 Å². The summed E-state index contributed by atoms with van der Waals surface area (Å²) in [6.07, 6.45) is -4.26. The van der Waals surface area contributed by atoms with E-state index in [1.807, 2.05) is 13.8 Å². The van der Waals surface area contributed by atoms with Crippen molar-refractivity contribution in [3.8, 4) is 6.07 Å². The minimum atomic E-state index is -4.70. The van der Waals surface area contributed by atoms with Crippen molar-refractivity contribution >= 4 is 23.2 Å². The monoisotopic (exact) mass is 451 g/mol. The Morgan fingerprint density at radius 3 is 2.32 bits per heavy atom. The molecule has 31 heavy (non-hydrogen) atoms. The van der Waals surface area contributed by atoms with Gasteiger partial charge >= 0.3 is 6.18 Å². The van der Waals surface area contributed by atoms with Gasteiger partial charge in [-0.1, -0.05) is 43.6 Å². The molecule has 1 amide bonds. The molecule has 2 rings (SSSR count). The third-order valence-corrected chi connectivity index (χ3v) is 5.22. The van der Waals surface area contributed by atoms with Crippen LogP contribution in [0, 0.1) is 17.2 Å². The summed E-state index contributed by atoms with van der Waals surface area (Å²) in [4.78, 5) is 16.1. The fraction of sp³-hybridized carbons (Fsp3) is 0.391. The summed E-state index contributed by atoms with van der Waals surface area (Å²) in [7, 11) is 3.23. The number of hydrogen-bond acceptors (Lipinski definition) is 3. The molecule has 0 aliphatic heterocycles. The Labute approximate surface area is 185 Å². The second-order valence-electron chi connectivity index (χ2n) is 7.94. The molecule has 1 atom stereocenters. The molecule has 0 aliphatic carbocycles. The van der Waals surface area contributed by atoms with Crippen molar-refractivity contribution in [1.82, 2.24) is 4.90 Å². The van der Waals surface area contributed by atoms with Crippen LogP contribution >= 0.6 is 11.6 Å². The van der Waals surface area contributed by atoms with Gasteiger partial charge in [-0.2, -0.15) is 18.4 Å². The summed E-state index contributed by atoms with van der Waals surface area (Å²) in [5, 5.41) is 9.59. The fourth-order valence-electron chi connectivity index (χ4n) is 3.34. The number of hydrogen-bond donors (Lipinski definition) is 0. The fourth-order valence-corrected chi connectivity index (χ4v) is 3.54. The topological polar surface area (TPSA) is 47.3 Å². The highest BCUT2D eigenvalue weighted by Crippen LogP contribution is 2.36. The van der Waals surface area contributed by atoms with E-state index in [0.29, 0.717) is 17.0 Å². The number of likely N-dealkylation sites (N-methyl/N-ethyl adjacent to an activating group) is 1. The molecule has 0 radical (unpaired) electrons. The van der Waals surface area contributed by atoms with Gasteiger partial charge in [-0.25, -0.2) is 0 Å². The maximum Gasteiger partial charge on any atom is 0.417 e. The van der Waals surface area contributed by atoms with E-state index in [2.05, 4.69) is 0 Å². The predicted octanol–water partition coefficient (Wildman–Crippen LogP) is 5.74. The number of rotatable bonds is 7. The summed E-state index contributed by atoms with van der Waals surface area (Å²) in [5.41, 5.74) is -0.611. The van der Waals surface area contributed by atoms with E-state index < -0.39 is 23.3 Å². The minimum Gasteiger partial charge on any atom is -0.355 e. The number of carbonyl (C=O) groups excluding carboxylic acids is 1. The van der Waals surface area contributed by atoms with E-state index in [1.54, 1.807) is 49.3 Å². The molecule has 0 bridgehead atoms. The first kappa shape index (κ1) is 24.5. The van der Waals surface area contributed by atoms with E-state index in [1.165, 1.54) is 11.0 Å². The number of anilines is 1. The molecule has 0 aliphatic rings. The second-order valence-corrected chi connectivity index (χ2v) is 8.34. The number of amides is 1. The number of nitrogens with zero attached hydrogens (tertiary/aromatic N) is 3. The van der Waals surface area contributed by atoms with Crippen molar-refractivity contribution in [2.75, 3.05) is 19.0 Å². The van der Waals surface area contributed by atoms with E-state index in [4.69, 9.17) is 16.9 Å².